The van der Waals surface area contributed by atoms with Crippen LogP contribution in [0.15, 0.2) is 59.5 Å². The van der Waals surface area contributed by atoms with Crippen molar-refractivity contribution in [2.45, 2.75) is 4.90 Å². The maximum atomic E-state index is 12.1. The van der Waals surface area contributed by atoms with Crippen molar-refractivity contribution in [1.29, 1.82) is 0 Å². The number of sulfonamides is 1. The van der Waals surface area contributed by atoms with Crippen LogP contribution in [-0.2, 0) is 10.0 Å². The van der Waals surface area contributed by atoms with Crippen LogP contribution in [0.2, 0.25) is 0 Å². The largest absolute Gasteiger partial charge is 0.733 e. The van der Waals surface area contributed by atoms with E-state index in [0.29, 0.717) is 5.69 Å². The van der Waals surface area contributed by atoms with Crippen LogP contribution in [0.25, 0.3) is 0 Å². The normalized spacial score (nSPS) is 11.1. The van der Waals surface area contributed by atoms with Gasteiger partial charge in [-0.1, -0.05) is 30.3 Å². The summed E-state index contributed by atoms with van der Waals surface area (Å²) in [6.45, 7) is 0. The van der Waals surface area contributed by atoms with Crippen molar-refractivity contribution < 1.29 is 13.6 Å². The summed E-state index contributed by atoms with van der Waals surface area (Å²) >= 11 is 0. The second kappa shape index (κ2) is 5.27. The number of anilines is 2. The molecule has 0 spiro atoms. The van der Waals surface area contributed by atoms with E-state index in [-0.39, 0.29) is 10.6 Å². The number of hydrogen-bond donors (Lipinski definition) is 2. The van der Waals surface area contributed by atoms with Gasteiger partial charge in [-0.25, -0.2) is 8.42 Å². The Morgan fingerprint density at radius 1 is 1.00 bits per heavy atom. The molecular formula is C12H11N2O4S-. The van der Waals surface area contributed by atoms with Crippen molar-refractivity contribution >= 4 is 21.4 Å². The molecule has 0 saturated heterocycles. The Hall–Kier alpha value is -2.09. The zero-order valence-electron chi connectivity index (χ0n) is 9.72. The van der Waals surface area contributed by atoms with E-state index in [1.807, 2.05) is 0 Å². The lowest BCUT2D eigenvalue weighted by atomic mass is 10.3. The molecule has 0 atom stereocenters. The predicted octanol–water partition coefficient (Wildman–Crippen LogP) is 2.18. The molecule has 0 aliphatic rings. The van der Waals surface area contributed by atoms with Crippen molar-refractivity contribution in [1.82, 2.24) is 0 Å². The number of rotatable bonds is 4. The topological polar surface area (TPSA) is 92.7 Å². The molecule has 100 valence electrons. The lowest BCUT2D eigenvalue weighted by Gasteiger charge is -2.24. The summed E-state index contributed by atoms with van der Waals surface area (Å²) in [4.78, 5) is -0.295. The summed E-state index contributed by atoms with van der Waals surface area (Å²) in [6.07, 6.45) is 0. The molecule has 0 aromatic heterocycles. The molecule has 2 aromatic rings. The van der Waals surface area contributed by atoms with Gasteiger partial charge in [0.2, 0.25) is 0 Å². The first-order valence-corrected chi connectivity index (χ1v) is 6.82. The van der Waals surface area contributed by atoms with Gasteiger partial charge in [-0.2, -0.15) is 0 Å². The molecule has 0 saturated carbocycles. The third-order valence-corrected chi connectivity index (χ3v) is 3.82. The fourth-order valence-corrected chi connectivity index (χ4v) is 2.79. The Morgan fingerprint density at radius 2 is 1.58 bits per heavy atom. The number of para-hydroxylation sites is 2. The maximum Gasteiger partial charge on any atom is 0.264 e. The van der Waals surface area contributed by atoms with Gasteiger partial charge in [0.05, 0.1) is 5.69 Å². The fourth-order valence-electron chi connectivity index (χ4n) is 1.56. The van der Waals surface area contributed by atoms with E-state index in [2.05, 4.69) is 4.72 Å². The van der Waals surface area contributed by atoms with Crippen LogP contribution in [0, 0.1) is 5.21 Å². The van der Waals surface area contributed by atoms with E-state index >= 15 is 0 Å². The SMILES string of the molecule is O=S(=O)(Nc1ccccc1)c1ccccc1N([O-])O. The van der Waals surface area contributed by atoms with Gasteiger partial charge in [-0.3, -0.25) is 9.93 Å². The molecule has 0 aliphatic heterocycles. The minimum atomic E-state index is -3.94. The second-order valence-electron chi connectivity index (χ2n) is 3.71. The molecule has 19 heavy (non-hydrogen) atoms. The Balaban J connectivity index is 2.41. The third-order valence-electron chi connectivity index (χ3n) is 2.39. The molecule has 0 amide bonds. The van der Waals surface area contributed by atoms with Gasteiger partial charge in [-0.15, -0.1) is 0 Å². The quantitative estimate of drug-likeness (QED) is 0.837. The zero-order chi connectivity index (χ0) is 13.9. The van der Waals surface area contributed by atoms with E-state index in [1.54, 1.807) is 30.3 Å². The monoisotopic (exact) mass is 279 g/mol. The van der Waals surface area contributed by atoms with Crippen molar-refractivity contribution in [2.24, 2.45) is 0 Å². The highest BCUT2D eigenvalue weighted by atomic mass is 32.2. The van der Waals surface area contributed by atoms with Gasteiger partial charge in [0, 0.05) is 5.69 Å². The summed E-state index contributed by atoms with van der Waals surface area (Å²) in [5.41, 5.74) is 0.0265. The second-order valence-corrected chi connectivity index (χ2v) is 5.36. The summed E-state index contributed by atoms with van der Waals surface area (Å²) in [6, 6.07) is 13.6. The number of nitrogens with one attached hydrogen (secondary N) is 1. The van der Waals surface area contributed by atoms with E-state index in [1.165, 1.54) is 24.3 Å². The van der Waals surface area contributed by atoms with Crippen LogP contribution >= 0.6 is 0 Å². The van der Waals surface area contributed by atoms with Crippen LogP contribution in [0.3, 0.4) is 0 Å². The van der Waals surface area contributed by atoms with Crippen molar-refractivity contribution in [3.63, 3.8) is 0 Å². The van der Waals surface area contributed by atoms with Crippen LogP contribution in [0.4, 0.5) is 11.4 Å². The van der Waals surface area contributed by atoms with Crippen LogP contribution in [0.5, 0.6) is 0 Å². The minimum absolute atomic E-state index is 0.295. The third kappa shape index (κ3) is 3.02. The van der Waals surface area contributed by atoms with Gasteiger partial charge in [-0.05, 0) is 24.3 Å². The van der Waals surface area contributed by atoms with E-state index < -0.39 is 15.2 Å². The number of nitrogens with zero attached hydrogens (tertiary/aromatic N) is 1. The highest BCUT2D eigenvalue weighted by Gasteiger charge is 2.18. The molecule has 0 radical (unpaired) electrons. The Morgan fingerprint density at radius 3 is 2.21 bits per heavy atom. The molecule has 2 rings (SSSR count). The lowest BCUT2D eigenvalue weighted by molar-refractivity contribution is 0.294. The smallest absolute Gasteiger partial charge is 0.264 e. The Bertz CT molecular complexity index is 656. The molecule has 0 bridgehead atoms. The summed E-state index contributed by atoms with van der Waals surface area (Å²) in [7, 11) is -3.94. The van der Waals surface area contributed by atoms with E-state index in [9.17, 15) is 13.6 Å². The summed E-state index contributed by atoms with van der Waals surface area (Å²) in [5.74, 6) is 0. The summed E-state index contributed by atoms with van der Waals surface area (Å²) in [5, 5.41) is 19.4. The van der Waals surface area contributed by atoms with Gasteiger partial charge >= 0.3 is 0 Å². The lowest BCUT2D eigenvalue weighted by Crippen LogP contribution is -2.18. The van der Waals surface area contributed by atoms with E-state index in [4.69, 9.17) is 5.21 Å². The van der Waals surface area contributed by atoms with Gasteiger partial charge < -0.3 is 10.4 Å². The standard InChI is InChI=1S/C12H11N2O4S/c15-14(16)11-8-4-5-9-12(11)19(17,18)13-10-6-2-1-3-7-10/h1-9,13,15H/q-1. The fraction of sp³-hybridized carbons (Fsp3) is 0. The predicted molar refractivity (Wildman–Crippen MR) is 71.3 cm³/mol. The molecular weight excluding hydrogens is 268 g/mol. The van der Waals surface area contributed by atoms with Gasteiger partial charge in [0.25, 0.3) is 10.0 Å². The van der Waals surface area contributed by atoms with Crippen LogP contribution < -0.4 is 9.95 Å². The molecule has 0 aliphatic carbocycles. The van der Waals surface area contributed by atoms with Crippen molar-refractivity contribution in [3.8, 4) is 0 Å². The zero-order valence-corrected chi connectivity index (χ0v) is 10.5. The molecule has 2 aromatic carbocycles. The van der Waals surface area contributed by atoms with Crippen molar-refractivity contribution in [3.05, 3.63) is 59.8 Å². The first-order valence-electron chi connectivity index (χ1n) is 5.34. The van der Waals surface area contributed by atoms with E-state index in [0.717, 1.165) is 0 Å². The van der Waals surface area contributed by atoms with Crippen LogP contribution in [0.1, 0.15) is 0 Å². The highest BCUT2D eigenvalue weighted by molar-refractivity contribution is 7.92. The number of benzene rings is 2. The molecule has 2 N–H and O–H groups in total. The summed E-state index contributed by atoms with van der Waals surface area (Å²) < 4.78 is 26.6. The molecule has 6 nitrogen and oxygen atoms in total. The molecule has 0 fully saturated rings. The maximum absolute atomic E-state index is 12.1. The van der Waals surface area contributed by atoms with Gasteiger partial charge in [0.1, 0.15) is 4.90 Å². The first-order chi connectivity index (χ1) is 9.00. The average molecular weight is 279 g/mol. The molecule has 0 heterocycles. The highest BCUT2D eigenvalue weighted by Crippen LogP contribution is 2.25. The Labute approximate surface area is 110 Å². The molecule has 7 heteroatoms. The minimum Gasteiger partial charge on any atom is -0.733 e. The Kier molecular flexibility index (Phi) is 3.70. The first kappa shape index (κ1) is 13.3. The van der Waals surface area contributed by atoms with Gasteiger partial charge in [0.15, 0.2) is 0 Å². The molecule has 0 unspecified atom stereocenters. The van der Waals surface area contributed by atoms with Crippen molar-refractivity contribution in [2.75, 3.05) is 9.95 Å². The number of hydrogen-bond acceptors (Lipinski definition) is 5. The van der Waals surface area contributed by atoms with Crippen LogP contribution in [-0.4, -0.2) is 13.6 Å². The average Bonchev–Trinajstić information content (AvgIpc) is 2.39.